The van der Waals surface area contributed by atoms with Gasteiger partial charge in [-0.25, -0.2) is 14.7 Å². The highest BCUT2D eigenvalue weighted by molar-refractivity contribution is 6.13. The number of hydrogen-bond acceptors (Lipinski definition) is 5. The summed E-state index contributed by atoms with van der Waals surface area (Å²) in [6.45, 7) is 5.81. The van der Waals surface area contributed by atoms with Crippen LogP contribution >= 0.6 is 0 Å². The van der Waals surface area contributed by atoms with Gasteiger partial charge in [0, 0.05) is 23.4 Å². The van der Waals surface area contributed by atoms with Crippen molar-refractivity contribution >= 4 is 23.1 Å². The van der Waals surface area contributed by atoms with Gasteiger partial charge in [0.05, 0.1) is 40.4 Å². The van der Waals surface area contributed by atoms with Crippen molar-refractivity contribution < 1.29 is 23.2 Å². The first kappa shape index (κ1) is 24.5. The van der Waals surface area contributed by atoms with Crippen molar-refractivity contribution in [1.82, 2.24) is 14.8 Å². The first-order valence-electron chi connectivity index (χ1n) is 11.6. The lowest BCUT2D eigenvalue weighted by molar-refractivity contribution is -0.137. The van der Waals surface area contributed by atoms with Crippen LogP contribution in [0.1, 0.15) is 42.4 Å². The number of alkyl halides is 3. The van der Waals surface area contributed by atoms with E-state index in [-0.39, 0.29) is 23.5 Å². The molecule has 0 radical (unpaired) electrons. The molecule has 10 heteroatoms. The van der Waals surface area contributed by atoms with E-state index in [1.165, 1.54) is 27.9 Å². The fourth-order valence-corrected chi connectivity index (χ4v) is 4.23. The van der Waals surface area contributed by atoms with E-state index in [1.54, 1.807) is 48.7 Å². The third-order valence-corrected chi connectivity index (χ3v) is 6.16. The number of aromatic nitrogens is 2. The number of carbonyl (C=O) groups is 1. The molecular weight excluding hydrogens is 483 g/mol. The van der Waals surface area contributed by atoms with Crippen LogP contribution in [0.5, 0.6) is 0 Å². The molecule has 0 saturated carbocycles. The van der Waals surface area contributed by atoms with E-state index in [4.69, 9.17) is 0 Å². The third-order valence-electron chi connectivity index (χ3n) is 6.16. The maximum Gasteiger partial charge on any atom is 0.417 e. The number of amidine groups is 1. The summed E-state index contributed by atoms with van der Waals surface area (Å²) in [6.07, 6.45) is 1.44. The first-order chi connectivity index (χ1) is 17.4. The second-order valence-corrected chi connectivity index (χ2v) is 9.82. The summed E-state index contributed by atoms with van der Waals surface area (Å²) < 4.78 is 44.2. The van der Waals surface area contributed by atoms with Crippen LogP contribution in [0, 0.1) is 0 Å². The van der Waals surface area contributed by atoms with Crippen molar-refractivity contribution in [3.8, 4) is 5.69 Å². The molecule has 2 aliphatic heterocycles. The van der Waals surface area contributed by atoms with E-state index in [2.05, 4.69) is 10.1 Å². The molecule has 0 spiro atoms. The minimum Gasteiger partial charge on any atom is -0.302 e. The Morgan fingerprint density at radius 1 is 1.05 bits per heavy atom. The number of para-hydroxylation sites is 2. The number of benzene rings is 2. The predicted octanol–water partition coefficient (Wildman–Crippen LogP) is 6.02. The fourth-order valence-electron chi connectivity index (χ4n) is 4.23. The minimum absolute atomic E-state index is 0.0801. The van der Waals surface area contributed by atoms with Crippen molar-refractivity contribution in [2.45, 2.75) is 32.4 Å². The van der Waals surface area contributed by atoms with Gasteiger partial charge in [-0.2, -0.15) is 18.3 Å². The zero-order valence-corrected chi connectivity index (χ0v) is 20.4. The Morgan fingerprint density at radius 3 is 2.51 bits per heavy atom. The molecule has 0 unspecified atom stereocenters. The number of amides is 1. The summed E-state index contributed by atoms with van der Waals surface area (Å²) >= 11 is 0. The molecule has 2 aliphatic rings. The number of allylic oxidation sites excluding steroid dienone is 2. The number of carbonyl (C=O) groups excluding carboxylic acids is 1. The van der Waals surface area contributed by atoms with Crippen LogP contribution in [-0.4, -0.2) is 38.3 Å². The van der Waals surface area contributed by atoms with E-state index in [0.717, 1.165) is 16.8 Å². The molecule has 37 heavy (non-hydrogen) atoms. The molecule has 190 valence electrons. The summed E-state index contributed by atoms with van der Waals surface area (Å²) in [5.74, 6) is -0.636. The molecular formula is C27H24F3N5O2. The Bertz CT molecular complexity index is 1480. The quantitative estimate of drug-likeness (QED) is 0.460. The van der Waals surface area contributed by atoms with Crippen molar-refractivity contribution in [2.75, 3.05) is 11.4 Å². The van der Waals surface area contributed by atoms with Gasteiger partial charge in [0.1, 0.15) is 0 Å². The standard InChI is InChI=1S/C27H24F3N5O2/c1-26(2,3)23-12-14-34(32-23)18-10-11-19(20(15-18)27(28,29)30)25(36)33-16-17-7-6-13-35(37)24(17)31-21-8-4-5-9-22(21)33/h4-15,37H,16H2,1-3H3. The Hall–Kier alpha value is -4.18. The van der Waals surface area contributed by atoms with Crippen molar-refractivity contribution in [1.29, 1.82) is 0 Å². The van der Waals surface area contributed by atoms with Gasteiger partial charge in [-0.15, -0.1) is 0 Å². The highest BCUT2D eigenvalue weighted by Crippen LogP contribution is 2.38. The monoisotopic (exact) mass is 507 g/mol. The SMILES string of the molecule is CC(C)(C)c1ccn(-c2ccc(C(=O)N3CC4=CC=CN(O)C4=Nc4ccccc43)c(C(F)(F)F)c2)n1. The van der Waals surface area contributed by atoms with Crippen LogP contribution in [0.15, 0.2) is 83.6 Å². The average Bonchev–Trinajstić information content (AvgIpc) is 3.28. The highest BCUT2D eigenvalue weighted by Gasteiger charge is 2.38. The maximum absolute atomic E-state index is 14.3. The van der Waals surface area contributed by atoms with Gasteiger partial charge >= 0.3 is 6.18 Å². The Kier molecular flexibility index (Phi) is 5.79. The van der Waals surface area contributed by atoms with Crippen molar-refractivity contribution in [3.05, 3.63) is 95.5 Å². The highest BCUT2D eigenvalue weighted by atomic mass is 19.4. The lowest BCUT2D eigenvalue weighted by Crippen LogP contribution is -2.37. The van der Waals surface area contributed by atoms with Crippen LogP contribution < -0.4 is 4.90 Å². The Morgan fingerprint density at radius 2 is 1.81 bits per heavy atom. The molecule has 0 bridgehead atoms. The van der Waals surface area contributed by atoms with Gasteiger partial charge in [0.25, 0.3) is 5.91 Å². The van der Waals surface area contributed by atoms with Gasteiger partial charge in [0.15, 0.2) is 5.84 Å². The molecule has 0 aliphatic carbocycles. The molecule has 0 atom stereocenters. The zero-order chi connectivity index (χ0) is 26.5. The van der Waals surface area contributed by atoms with Gasteiger partial charge in [-0.1, -0.05) is 39.0 Å². The van der Waals surface area contributed by atoms with Crippen LogP contribution in [0.2, 0.25) is 0 Å². The molecule has 2 aromatic carbocycles. The molecule has 0 saturated heterocycles. The fraction of sp³-hybridized carbons (Fsp3) is 0.222. The van der Waals surface area contributed by atoms with Crippen LogP contribution in [0.3, 0.4) is 0 Å². The summed E-state index contributed by atoms with van der Waals surface area (Å²) in [5.41, 5.74) is 0.247. The smallest absolute Gasteiger partial charge is 0.302 e. The van der Waals surface area contributed by atoms with Crippen LogP contribution in [-0.2, 0) is 11.6 Å². The van der Waals surface area contributed by atoms with Crippen LogP contribution in [0.25, 0.3) is 5.69 Å². The van der Waals surface area contributed by atoms with Gasteiger partial charge < -0.3 is 4.90 Å². The number of hydroxylamine groups is 2. The molecule has 3 heterocycles. The summed E-state index contributed by atoms with van der Waals surface area (Å²) in [5, 5.41) is 15.5. The Balaban J connectivity index is 1.59. The number of hydrogen-bond donors (Lipinski definition) is 1. The molecule has 1 N–H and O–H groups in total. The third kappa shape index (κ3) is 4.55. The molecule has 1 aromatic heterocycles. The maximum atomic E-state index is 14.3. The largest absolute Gasteiger partial charge is 0.417 e. The number of rotatable bonds is 2. The number of anilines is 1. The van der Waals surface area contributed by atoms with E-state index in [0.29, 0.717) is 16.9 Å². The predicted molar refractivity (Wildman–Crippen MR) is 133 cm³/mol. The number of aliphatic imine (C=N–C) groups is 1. The van der Waals surface area contributed by atoms with E-state index >= 15 is 0 Å². The zero-order valence-electron chi connectivity index (χ0n) is 20.4. The minimum atomic E-state index is -4.79. The Labute approximate surface area is 211 Å². The normalized spacial score (nSPS) is 15.5. The van der Waals surface area contributed by atoms with Crippen molar-refractivity contribution in [2.24, 2.45) is 4.99 Å². The molecule has 7 nitrogen and oxygen atoms in total. The second kappa shape index (κ2) is 8.74. The molecule has 0 fully saturated rings. The summed E-state index contributed by atoms with van der Waals surface area (Å²) in [6, 6.07) is 12.0. The molecule has 1 amide bonds. The van der Waals surface area contributed by atoms with Crippen molar-refractivity contribution in [3.63, 3.8) is 0 Å². The topological polar surface area (TPSA) is 74.0 Å². The lowest BCUT2D eigenvalue weighted by Gasteiger charge is -2.26. The number of fused-ring (bicyclic) bond motifs is 2. The number of halogens is 3. The van der Waals surface area contributed by atoms with E-state index in [1.807, 2.05) is 20.8 Å². The summed E-state index contributed by atoms with van der Waals surface area (Å²) in [7, 11) is 0. The average molecular weight is 508 g/mol. The molecule has 5 rings (SSSR count). The van der Waals surface area contributed by atoms with Gasteiger partial charge in [-0.3, -0.25) is 10.0 Å². The van der Waals surface area contributed by atoms with Crippen LogP contribution in [0.4, 0.5) is 24.5 Å². The first-order valence-corrected chi connectivity index (χ1v) is 11.6. The lowest BCUT2D eigenvalue weighted by atomic mass is 9.93. The van der Waals surface area contributed by atoms with E-state index < -0.39 is 23.2 Å². The van der Waals surface area contributed by atoms with Gasteiger partial charge in [-0.05, 0) is 42.5 Å². The molecule has 3 aromatic rings. The summed E-state index contributed by atoms with van der Waals surface area (Å²) in [4.78, 5) is 19.5. The second-order valence-electron chi connectivity index (χ2n) is 9.82. The number of nitrogens with zero attached hydrogens (tertiary/aromatic N) is 5. The van der Waals surface area contributed by atoms with E-state index in [9.17, 15) is 23.2 Å². The van der Waals surface area contributed by atoms with Gasteiger partial charge in [0.2, 0.25) is 0 Å².